The van der Waals surface area contributed by atoms with Gasteiger partial charge in [0.15, 0.2) is 5.11 Å². The molecule has 2 aromatic heterocycles. The van der Waals surface area contributed by atoms with Gasteiger partial charge in [0.1, 0.15) is 0 Å². The van der Waals surface area contributed by atoms with Crippen LogP contribution in [0.1, 0.15) is 39.5 Å². The van der Waals surface area contributed by atoms with Crippen molar-refractivity contribution in [3.63, 3.8) is 0 Å². The standard InChI is InChI=1S/C26H30N6S/c1-17-11-13-22(14-12-17)16-31-21(5)25(19(3)29-31)28-26(33)27-15-24-18(2)30-32(20(24)4)23-9-7-6-8-10-23/h6-14H,15-16H2,1-5H3,(H2,27,28,33). The van der Waals surface area contributed by atoms with E-state index in [1.165, 1.54) is 11.1 Å². The molecule has 4 rings (SSSR count). The van der Waals surface area contributed by atoms with Crippen LogP contribution in [-0.2, 0) is 13.1 Å². The molecule has 0 aliphatic rings. The molecular formula is C26H30N6S. The molecule has 0 aliphatic carbocycles. The van der Waals surface area contributed by atoms with Crippen LogP contribution in [0.25, 0.3) is 5.69 Å². The number of anilines is 1. The van der Waals surface area contributed by atoms with Gasteiger partial charge in [-0.3, -0.25) is 4.68 Å². The third-order valence-corrected chi connectivity index (χ3v) is 6.19. The summed E-state index contributed by atoms with van der Waals surface area (Å²) in [4.78, 5) is 0. The molecule has 7 heteroatoms. The van der Waals surface area contributed by atoms with Crippen molar-refractivity contribution in [2.75, 3.05) is 5.32 Å². The normalized spacial score (nSPS) is 10.9. The fraction of sp³-hybridized carbons (Fsp3) is 0.269. The van der Waals surface area contributed by atoms with Crippen molar-refractivity contribution < 1.29 is 0 Å². The Kier molecular flexibility index (Phi) is 6.60. The molecule has 0 atom stereocenters. The lowest BCUT2D eigenvalue weighted by Crippen LogP contribution is -2.28. The van der Waals surface area contributed by atoms with Gasteiger partial charge in [0.05, 0.1) is 35.0 Å². The van der Waals surface area contributed by atoms with E-state index in [-0.39, 0.29) is 0 Å². The maximum atomic E-state index is 5.61. The lowest BCUT2D eigenvalue weighted by atomic mass is 10.1. The Labute approximate surface area is 200 Å². The zero-order valence-corrected chi connectivity index (χ0v) is 20.6. The summed E-state index contributed by atoms with van der Waals surface area (Å²) in [6.45, 7) is 11.6. The lowest BCUT2D eigenvalue weighted by molar-refractivity contribution is 0.659. The van der Waals surface area contributed by atoms with Crippen LogP contribution >= 0.6 is 12.2 Å². The molecule has 170 valence electrons. The Morgan fingerprint density at radius 2 is 1.55 bits per heavy atom. The Bertz CT molecular complexity index is 1270. The minimum absolute atomic E-state index is 0.572. The molecule has 2 aromatic carbocycles. The fourth-order valence-electron chi connectivity index (χ4n) is 3.98. The average Bonchev–Trinajstić information content (AvgIpc) is 3.23. The minimum Gasteiger partial charge on any atom is -0.358 e. The topological polar surface area (TPSA) is 59.7 Å². The van der Waals surface area contributed by atoms with Crippen LogP contribution in [0.4, 0.5) is 5.69 Å². The zero-order valence-electron chi connectivity index (χ0n) is 19.8. The molecule has 0 spiro atoms. The van der Waals surface area contributed by atoms with E-state index in [1.54, 1.807) is 0 Å². The third-order valence-electron chi connectivity index (χ3n) is 5.94. The van der Waals surface area contributed by atoms with E-state index in [2.05, 4.69) is 67.8 Å². The second-order valence-electron chi connectivity index (χ2n) is 8.39. The first-order valence-electron chi connectivity index (χ1n) is 11.1. The fourth-order valence-corrected chi connectivity index (χ4v) is 4.15. The Balaban J connectivity index is 1.43. The molecule has 0 unspecified atom stereocenters. The summed E-state index contributed by atoms with van der Waals surface area (Å²) in [7, 11) is 0. The average molecular weight is 459 g/mol. The van der Waals surface area contributed by atoms with Crippen molar-refractivity contribution in [2.45, 2.75) is 47.7 Å². The minimum atomic E-state index is 0.572. The Morgan fingerprint density at radius 1 is 0.848 bits per heavy atom. The maximum absolute atomic E-state index is 5.61. The summed E-state index contributed by atoms with van der Waals surface area (Å²) in [5.74, 6) is 0. The summed E-state index contributed by atoms with van der Waals surface area (Å²) in [6, 6.07) is 18.7. The summed E-state index contributed by atoms with van der Waals surface area (Å²) in [5.41, 5.74) is 9.70. The van der Waals surface area contributed by atoms with Gasteiger partial charge in [-0.25, -0.2) is 4.68 Å². The van der Waals surface area contributed by atoms with Crippen LogP contribution in [0.15, 0.2) is 54.6 Å². The predicted molar refractivity (Wildman–Crippen MR) is 138 cm³/mol. The van der Waals surface area contributed by atoms with Crippen molar-refractivity contribution in [3.8, 4) is 5.69 Å². The van der Waals surface area contributed by atoms with Crippen molar-refractivity contribution in [1.29, 1.82) is 0 Å². The number of hydrogen-bond acceptors (Lipinski definition) is 3. The van der Waals surface area contributed by atoms with Gasteiger partial charge in [-0.15, -0.1) is 0 Å². The number of nitrogens with zero attached hydrogens (tertiary/aromatic N) is 4. The maximum Gasteiger partial charge on any atom is 0.171 e. The number of benzene rings is 2. The summed E-state index contributed by atoms with van der Waals surface area (Å²) >= 11 is 5.61. The summed E-state index contributed by atoms with van der Waals surface area (Å²) in [6.07, 6.45) is 0. The Morgan fingerprint density at radius 3 is 2.24 bits per heavy atom. The van der Waals surface area contributed by atoms with E-state index in [1.807, 2.05) is 41.4 Å². The van der Waals surface area contributed by atoms with Crippen LogP contribution in [0.3, 0.4) is 0 Å². The molecular weight excluding hydrogens is 428 g/mol. The van der Waals surface area contributed by atoms with E-state index in [0.29, 0.717) is 11.7 Å². The van der Waals surface area contributed by atoms with Crippen molar-refractivity contribution >= 4 is 23.0 Å². The highest BCUT2D eigenvalue weighted by Gasteiger charge is 2.15. The first-order chi connectivity index (χ1) is 15.8. The molecule has 2 heterocycles. The third kappa shape index (κ3) is 4.98. The van der Waals surface area contributed by atoms with Crippen molar-refractivity contribution in [1.82, 2.24) is 24.9 Å². The highest BCUT2D eigenvalue weighted by molar-refractivity contribution is 7.80. The van der Waals surface area contributed by atoms with Gasteiger partial charge < -0.3 is 10.6 Å². The molecule has 0 aliphatic heterocycles. The largest absolute Gasteiger partial charge is 0.358 e. The van der Waals surface area contributed by atoms with E-state index in [4.69, 9.17) is 22.4 Å². The second kappa shape index (κ2) is 9.58. The lowest BCUT2D eigenvalue weighted by Gasteiger charge is -2.12. The summed E-state index contributed by atoms with van der Waals surface area (Å²) < 4.78 is 4.00. The molecule has 33 heavy (non-hydrogen) atoms. The SMILES string of the molecule is Cc1ccc(Cn2nc(C)c(NC(=S)NCc3c(C)nn(-c4ccccc4)c3C)c2C)cc1. The van der Waals surface area contributed by atoms with Gasteiger partial charge >= 0.3 is 0 Å². The molecule has 4 aromatic rings. The molecule has 0 saturated carbocycles. The number of aryl methyl sites for hydroxylation is 3. The number of aromatic nitrogens is 4. The monoisotopic (exact) mass is 458 g/mol. The molecule has 0 saturated heterocycles. The van der Waals surface area contributed by atoms with E-state index < -0.39 is 0 Å². The summed E-state index contributed by atoms with van der Waals surface area (Å²) in [5, 5.41) is 16.7. The number of hydrogen-bond donors (Lipinski definition) is 2. The van der Waals surface area contributed by atoms with Gasteiger partial charge in [-0.05, 0) is 64.5 Å². The highest BCUT2D eigenvalue weighted by Crippen LogP contribution is 2.21. The van der Waals surface area contributed by atoms with E-state index in [0.717, 1.165) is 46.3 Å². The molecule has 0 radical (unpaired) electrons. The van der Waals surface area contributed by atoms with E-state index >= 15 is 0 Å². The van der Waals surface area contributed by atoms with Gasteiger partial charge in [-0.1, -0.05) is 48.0 Å². The molecule has 0 amide bonds. The van der Waals surface area contributed by atoms with Crippen LogP contribution in [-0.4, -0.2) is 24.7 Å². The molecule has 0 fully saturated rings. The van der Waals surface area contributed by atoms with Gasteiger partial charge in [-0.2, -0.15) is 10.2 Å². The predicted octanol–water partition coefficient (Wildman–Crippen LogP) is 5.15. The molecule has 6 nitrogen and oxygen atoms in total. The zero-order chi connectivity index (χ0) is 23.5. The second-order valence-corrected chi connectivity index (χ2v) is 8.80. The van der Waals surface area contributed by atoms with Gasteiger partial charge in [0, 0.05) is 17.8 Å². The number of rotatable bonds is 6. The quantitative estimate of drug-likeness (QED) is 0.392. The van der Waals surface area contributed by atoms with Gasteiger partial charge in [0.25, 0.3) is 0 Å². The number of para-hydroxylation sites is 1. The van der Waals surface area contributed by atoms with Gasteiger partial charge in [0.2, 0.25) is 0 Å². The van der Waals surface area contributed by atoms with Crippen molar-refractivity contribution in [2.24, 2.45) is 0 Å². The van der Waals surface area contributed by atoms with Crippen LogP contribution in [0.2, 0.25) is 0 Å². The Hall–Kier alpha value is -3.45. The van der Waals surface area contributed by atoms with Crippen LogP contribution in [0, 0.1) is 34.6 Å². The molecule has 0 bridgehead atoms. The highest BCUT2D eigenvalue weighted by atomic mass is 32.1. The first kappa shape index (κ1) is 22.7. The first-order valence-corrected chi connectivity index (χ1v) is 11.5. The van der Waals surface area contributed by atoms with Crippen molar-refractivity contribution in [3.05, 3.63) is 94.1 Å². The smallest absolute Gasteiger partial charge is 0.171 e. The van der Waals surface area contributed by atoms with Crippen LogP contribution in [0.5, 0.6) is 0 Å². The van der Waals surface area contributed by atoms with E-state index in [9.17, 15) is 0 Å². The number of thiocarbonyl (C=S) groups is 1. The van der Waals surface area contributed by atoms with Crippen LogP contribution < -0.4 is 10.6 Å². The number of nitrogens with one attached hydrogen (secondary N) is 2. The molecule has 2 N–H and O–H groups in total.